The van der Waals surface area contributed by atoms with E-state index in [4.69, 9.17) is 0 Å². The van der Waals surface area contributed by atoms with Crippen LogP contribution in [0.5, 0.6) is 0 Å². The number of carbonyl (C=O) groups excluding carboxylic acids is 1. The Morgan fingerprint density at radius 1 is 1.04 bits per heavy atom. The number of halogens is 1. The van der Waals surface area contributed by atoms with Crippen molar-refractivity contribution >= 4 is 37.5 Å². The summed E-state index contributed by atoms with van der Waals surface area (Å²) in [4.78, 5) is 12.6. The molecule has 0 saturated carbocycles. The monoisotopic (exact) mass is 410 g/mol. The van der Waals surface area contributed by atoms with Crippen molar-refractivity contribution < 1.29 is 13.2 Å². The van der Waals surface area contributed by atoms with Crippen molar-refractivity contribution in [2.24, 2.45) is 0 Å². The third kappa shape index (κ3) is 3.85. The van der Waals surface area contributed by atoms with Gasteiger partial charge in [-0.05, 0) is 55.3 Å². The molecule has 0 aliphatic heterocycles. The molecule has 0 radical (unpaired) electrons. The van der Waals surface area contributed by atoms with Gasteiger partial charge in [-0.25, -0.2) is 12.7 Å². The van der Waals surface area contributed by atoms with Gasteiger partial charge in [0.25, 0.3) is 5.91 Å². The molecular weight excluding hydrogens is 392 g/mol. The fourth-order valence-corrected chi connectivity index (χ4v) is 3.31. The fraction of sp³-hybridized carbons (Fsp3) is 0.235. The van der Waals surface area contributed by atoms with Gasteiger partial charge in [-0.15, -0.1) is 0 Å². The van der Waals surface area contributed by atoms with Crippen molar-refractivity contribution in [3.05, 3.63) is 57.6 Å². The number of anilines is 1. The number of rotatable bonds is 4. The highest BCUT2D eigenvalue weighted by Gasteiger charge is 2.20. The van der Waals surface area contributed by atoms with Gasteiger partial charge in [-0.1, -0.05) is 22.0 Å². The van der Waals surface area contributed by atoms with E-state index in [0.29, 0.717) is 16.8 Å². The van der Waals surface area contributed by atoms with E-state index in [0.717, 1.165) is 14.3 Å². The van der Waals surface area contributed by atoms with Crippen molar-refractivity contribution in [1.82, 2.24) is 4.31 Å². The quantitative estimate of drug-likeness (QED) is 0.837. The average molecular weight is 411 g/mol. The van der Waals surface area contributed by atoms with Crippen LogP contribution < -0.4 is 5.32 Å². The van der Waals surface area contributed by atoms with Crippen molar-refractivity contribution in [1.29, 1.82) is 0 Å². The zero-order valence-electron chi connectivity index (χ0n) is 13.9. The minimum Gasteiger partial charge on any atom is -0.322 e. The van der Waals surface area contributed by atoms with E-state index < -0.39 is 10.0 Å². The lowest BCUT2D eigenvalue weighted by molar-refractivity contribution is 0.102. The smallest absolute Gasteiger partial charge is 0.255 e. The first-order valence-corrected chi connectivity index (χ1v) is 9.47. The third-order valence-electron chi connectivity index (χ3n) is 3.65. The van der Waals surface area contributed by atoms with Gasteiger partial charge in [0.1, 0.15) is 0 Å². The summed E-state index contributed by atoms with van der Waals surface area (Å²) in [5.41, 5.74) is 2.69. The molecule has 0 atom stereocenters. The number of carbonyl (C=O) groups is 1. The molecule has 0 fully saturated rings. The Labute approximate surface area is 150 Å². The summed E-state index contributed by atoms with van der Waals surface area (Å²) in [5, 5.41) is 2.81. The van der Waals surface area contributed by atoms with Gasteiger partial charge in [0.2, 0.25) is 10.0 Å². The normalized spacial score (nSPS) is 11.6. The Kier molecular flexibility index (Phi) is 5.47. The largest absolute Gasteiger partial charge is 0.322 e. The second kappa shape index (κ2) is 7.04. The Balaban J connectivity index is 2.37. The van der Waals surface area contributed by atoms with Crippen LogP contribution in [0.1, 0.15) is 21.5 Å². The number of amides is 1. The number of hydrogen-bond donors (Lipinski definition) is 1. The van der Waals surface area contributed by atoms with E-state index in [9.17, 15) is 13.2 Å². The van der Waals surface area contributed by atoms with E-state index in [2.05, 4.69) is 21.2 Å². The van der Waals surface area contributed by atoms with Crippen molar-refractivity contribution in [3.8, 4) is 0 Å². The van der Waals surface area contributed by atoms with Crippen LogP contribution in [0, 0.1) is 13.8 Å². The average Bonchev–Trinajstić information content (AvgIpc) is 2.51. The molecule has 7 heteroatoms. The second-order valence-electron chi connectivity index (χ2n) is 5.68. The molecule has 0 heterocycles. The van der Waals surface area contributed by atoms with Crippen LogP contribution >= 0.6 is 15.9 Å². The standard InChI is InChI=1S/C17H19BrN2O3S/c1-11-5-7-14(24(22,23)20(3)4)10-15(11)17(21)19-13-6-8-16(18)12(2)9-13/h5-10H,1-4H3,(H,19,21). The molecule has 0 aliphatic rings. The molecule has 0 aliphatic carbocycles. The molecule has 0 saturated heterocycles. The first-order chi connectivity index (χ1) is 11.1. The molecule has 1 N–H and O–H groups in total. The SMILES string of the molecule is Cc1cc(NC(=O)c2cc(S(=O)(=O)N(C)C)ccc2C)ccc1Br. The second-order valence-corrected chi connectivity index (χ2v) is 8.69. The molecule has 128 valence electrons. The van der Waals surface area contributed by atoms with Crippen LogP contribution in [-0.4, -0.2) is 32.7 Å². The van der Waals surface area contributed by atoms with E-state index in [1.54, 1.807) is 19.1 Å². The van der Waals surface area contributed by atoms with Gasteiger partial charge in [0.05, 0.1) is 4.90 Å². The Hall–Kier alpha value is -1.70. The lowest BCUT2D eigenvalue weighted by Crippen LogP contribution is -2.23. The molecule has 0 spiro atoms. The summed E-state index contributed by atoms with van der Waals surface area (Å²) in [6.07, 6.45) is 0. The first-order valence-electron chi connectivity index (χ1n) is 7.23. The Morgan fingerprint density at radius 3 is 2.29 bits per heavy atom. The van der Waals surface area contributed by atoms with Gasteiger partial charge in [0.15, 0.2) is 0 Å². The maximum absolute atomic E-state index is 12.5. The zero-order chi connectivity index (χ0) is 18.1. The van der Waals surface area contributed by atoms with Crippen molar-refractivity contribution in [2.45, 2.75) is 18.7 Å². The molecule has 24 heavy (non-hydrogen) atoms. The number of nitrogens with one attached hydrogen (secondary N) is 1. The molecule has 5 nitrogen and oxygen atoms in total. The first kappa shape index (κ1) is 18.6. The van der Waals surface area contributed by atoms with E-state index in [1.807, 2.05) is 19.1 Å². The minimum atomic E-state index is -3.59. The molecule has 2 aromatic rings. The van der Waals surface area contributed by atoms with E-state index in [-0.39, 0.29) is 10.8 Å². The highest BCUT2D eigenvalue weighted by Crippen LogP contribution is 2.22. The summed E-state index contributed by atoms with van der Waals surface area (Å²) in [7, 11) is -0.672. The van der Waals surface area contributed by atoms with Crippen LogP contribution in [0.4, 0.5) is 5.69 Å². The van der Waals surface area contributed by atoms with Crippen molar-refractivity contribution in [2.75, 3.05) is 19.4 Å². The van der Waals surface area contributed by atoms with Crippen LogP contribution in [-0.2, 0) is 10.0 Å². The van der Waals surface area contributed by atoms with Gasteiger partial charge in [0, 0.05) is 29.8 Å². The zero-order valence-corrected chi connectivity index (χ0v) is 16.3. The van der Waals surface area contributed by atoms with E-state index >= 15 is 0 Å². The highest BCUT2D eigenvalue weighted by atomic mass is 79.9. The van der Waals surface area contributed by atoms with Crippen LogP contribution in [0.2, 0.25) is 0 Å². The van der Waals surface area contributed by atoms with E-state index in [1.165, 1.54) is 26.2 Å². The lowest BCUT2D eigenvalue weighted by atomic mass is 10.1. The van der Waals surface area contributed by atoms with Gasteiger partial charge in [-0.2, -0.15) is 0 Å². The maximum Gasteiger partial charge on any atom is 0.255 e. The molecule has 1 amide bonds. The molecule has 2 aromatic carbocycles. The van der Waals surface area contributed by atoms with Crippen LogP contribution in [0.3, 0.4) is 0 Å². The predicted molar refractivity (Wildman–Crippen MR) is 98.9 cm³/mol. The lowest BCUT2D eigenvalue weighted by Gasteiger charge is -2.14. The molecule has 0 unspecified atom stereocenters. The minimum absolute atomic E-state index is 0.0928. The van der Waals surface area contributed by atoms with Gasteiger partial charge in [-0.3, -0.25) is 4.79 Å². The topological polar surface area (TPSA) is 66.5 Å². The number of aryl methyl sites for hydroxylation is 2. The summed E-state index contributed by atoms with van der Waals surface area (Å²) in [5.74, 6) is -0.343. The molecule has 2 rings (SSSR count). The number of hydrogen-bond acceptors (Lipinski definition) is 3. The molecular formula is C17H19BrN2O3S. The van der Waals surface area contributed by atoms with Gasteiger partial charge >= 0.3 is 0 Å². The number of nitrogens with zero attached hydrogens (tertiary/aromatic N) is 1. The summed E-state index contributed by atoms with van der Waals surface area (Å²) in [6, 6.07) is 10.0. The maximum atomic E-state index is 12.5. The highest BCUT2D eigenvalue weighted by molar-refractivity contribution is 9.10. The molecule has 0 bridgehead atoms. The Morgan fingerprint density at radius 2 is 1.71 bits per heavy atom. The Bertz CT molecular complexity index is 893. The summed E-state index contributed by atoms with van der Waals surface area (Å²) >= 11 is 3.41. The summed E-state index contributed by atoms with van der Waals surface area (Å²) < 4.78 is 26.6. The van der Waals surface area contributed by atoms with Crippen molar-refractivity contribution in [3.63, 3.8) is 0 Å². The third-order valence-corrected chi connectivity index (χ3v) is 6.35. The summed E-state index contributed by atoms with van der Waals surface area (Å²) in [6.45, 7) is 3.70. The number of benzene rings is 2. The predicted octanol–water partition coefficient (Wildman–Crippen LogP) is 3.57. The van der Waals surface area contributed by atoms with Gasteiger partial charge < -0.3 is 5.32 Å². The number of sulfonamides is 1. The molecule has 0 aromatic heterocycles. The fourth-order valence-electron chi connectivity index (χ4n) is 2.14. The van der Waals surface area contributed by atoms with Crippen LogP contribution in [0.25, 0.3) is 0 Å². The van der Waals surface area contributed by atoms with Crippen LogP contribution in [0.15, 0.2) is 45.8 Å².